The summed E-state index contributed by atoms with van der Waals surface area (Å²) in [6.07, 6.45) is 0.386. The second-order valence-corrected chi connectivity index (χ2v) is 9.40. The van der Waals surface area contributed by atoms with Crippen molar-refractivity contribution in [1.29, 1.82) is 0 Å². The van der Waals surface area contributed by atoms with Crippen LogP contribution in [-0.4, -0.2) is 23.4 Å². The predicted octanol–water partition coefficient (Wildman–Crippen LogP) is 5.68. The Morgan fingerprint density at radius 2 is 1.21 bits per heavy atom. The Bertz CT molecular complexity index is 1000. The summed E-state index contributed by atoms with van der Waals surface area (Å²) in [6.45, 7) is 11.9. The van der Waals surface area contributed by atoms with Crippen LogP contribution in [0.2, 0.25) is 0 Å². The molecule has 0 radical (unpaired) electrons. The van der Waals surface area contributed by atoms with Gasteiger partial charge in [-0.1, -0.05) is 53.6 Å². The van der Waals surface area contributed by atoms with Crippen LogP contribution in [0.25, 0.3) is 0 Å². The van der Waals surface area contributed by atoms with E-state index in [1.165, 1.54) is 0 Å². The molecule has 0 spiro atoms. The molecule has 3 aromatic rings. The molecule has 0 bridgehead atoms. The fraction of sp³-hybridized carbons (Fsp3) is 0.379. The van der Waals surface area contributed by atoms with Gasteiger partial charge in [-0.05, 0) is 77.8 Å². The van der Waals surface area contributed by atoms with E-state index in [4.69, 9.17) is 15.2 Å². The molecule has 3 N–H and O–H groups in total. The second-order valence-electron chi connectivity index (χ2n) is 9.40. The molecule has 4 nitrogen and oxygen atoms in total. The zero-order valence-corrected chi connectivity index (χ0v) is 20.6. The maximum atomic E-state index is 12.6. The van der Waals surface area contributed by atoms with E-state index in [9.17, 15) is 5.11 Å². The lowest BCUT2D eigenvalue weighted by atomic mass is 9.76. The Hall–Kier alpha value is -2.82. The smallest absolute Gasteiger partial charge is 0.137 e. The van der Waals surface area contributed by atoms with Crippen molar-refractivity contribution in [3.63, 3.8) is 0 Å². The van der Waals surface area contributed by atoms with Gasteiger partial charge in [-0.3, -0.25) is 0 Å². The topological polar surface area (TPSA) is 64.7 Å². The highest BCUT2D eigenvalue weighted by atomic mass is 16.5. The highest BCUT2D eigenvalue weighted by Gasteiger charge is 2.43. The van der Waals surface area contributed by atoms with Crippen LogP contribution in [0, 0.1) is 13.8 Å². The minimum Gasteiger partial charge on any atom is -0.491 e. The number of hydrogen-bond acceptors (Lipinski definition) is 4. The van der Waals surface area contributed by atoms with Crippen LogP contribution in [0.5, 0.6) is 11.5 Å². The van der Waals surface area contributed by atoms with Crippen LogP contribution in [0.4, 0.5) is 0 Å². The van der Waals surface area contributed by atoms with Crippen molar-refractivity contribution < 1.29 is 14.6 Å². The molecule has 0 amide bonds. The van der Waals surface area contributed by atoms with Crippen molar-refractivity contribution in [2.24, 2.45) is 5.73 Å². The van der Waals surface area contributed by atoms with Crippen LogP contribution < -0.4 is 15.2 Å². The first-order valence-electron chi connectivity index (χ1n) is 11.7. The maximum Gasteiger partial charge on any atom is 0.137 e. The molecule has 3 aromatic carbocycles. The second kappa shape index (κ2) is 10.4. The molecule has 0 aliphatic heterocycles. The van der Waals surface area contributed by atoms with Crippen LogP contribution in [0.15, 0.2) is 66.7 Å². The van der Waals surface area contributed by atoms with E-state index < -0.39 is 11.6 Å². The van der Waals surface area contributed by atoms with E-state index in [0.29, 0.717) is 29.0 Å². The summed E-state index contributed by atoms with van der Waals surface area (Å²) in [5, 5.41) is 12.6. The quantitative estimate of drug-likeness (QED) is 0.443. The van der Waals surface area contributed by atoms with Crippen molar-refractivity contribution in [2.45, 2.75) is 71.8 Å². The molecular weight excluding hydrogens is 410 g/mol. The molecule has 0 heterocycles. The molecular formula is C29H37NO3. The van der Waals surface area contributed by atoms with Crippen molar-refractivity contribution in [3.8, 4) is 11.5 Å². The highest BCUT2D eigenvalue weighted by molar-refractivity contribution is 5.53. The van der Waals surface area contributed by atoms with Gasteiger partial charge in [0.2, 0.25) is 0 Å². The van der Waals surface area contributed by atoms with Gasteiger partial charge in [0.15, 0.2) is 0 Å². The van der Waals surface area contributed by atoms with Crippen molar-refractivity contribution in [2.75, 3.05) is 0 Å². The zero-order chi connectivity index (χ0) is 24.2. The molecule has 3 rings (SSSR count). The minimum absolute atomic E-state index is 0.0510. The van der Waals surface area contributed by atoms with Gasteiger partial charge in [0.05, 0.1) is 12.2 Å². The summed E-state index contributed by atoms with van der Waals surface area (Å²) in [4.78, 5) is 0. The molecule has 0 aromatic heterocycles. The van der Waals surface area contributed by atoms with Crippen molar-refractivity contribution >= 4 is 0 Å². The lowest BCUT2D eigenvalue weighted by Gasteiger charge is -2.38. The maximum absolute atomic E-state index is 12.6. The summed E-state index contributed by atoms with van der Waals surface area (Å²) in [5.74, 6) is 1.25. The van der Waals surface area contributed by atoms with Gasteiger partial charge in [-0.2, -0.15) is 0 Å². The number of ether oxygens (including phenoxy) is 2. The third-order valence-corrected chi connectivity index (χ3v) is 5.65. The predicted molar refractivity (Wildman–Crippen MR) is 135 cm³/mol. The fourth-order valence-corrected chi connectivity index (χ4v) is 4.16. The van der Waals surface area contributed by atoms with Crippen LogP contribution in [0.1, 0.15) is 55.5 Å². The van der Waals surface area contributed by atoms with Gasteiger partial charge in [-0.25, -0.2) is 0 Å². The Morgan fingerprint density at radius 1 is 0.758 bits per heavy atom. The number of rotatable bonds is 9. The summed E-state index contributed by atoms with van der Waals surface area (Å²) in [7, 11) is 0. The van der Waals surface area contributed by atoms with E-state index in [1.54, 1.807) is 0 Å². The normalized spacial score (nSPS) is 12.8. The van der Waals surface area contributed by atoms with E-state index in [2.05, 4.69) is 0 Å². The molecule has 0 aliphatic rings. The zero-order valence-electron chi connectivity index (χ0n) is 20.6. The summed E-state index contributed by atoms with van der Waals surface area (Å²) >= 11 is 0. The number of hydrogen-bond donors (Lipinski definition) is 2. The van der Waals surface area contributed by atoms with E-state index in [0.717, 1.165) is 16.7 Å². The first-order valence-corrected chi connectivity index (χ1v) is 11.7. The number of nitrogens with two attached hydrogens (primary N) is 1. The highest BCUT2D eigenvalue weighted by Crippen LogP contribution is 2.44. The van der Waals surface area contributed by atoms with Crippen LogP contribution >= 0.6 is 0 Å². The largest absolute Gasteiger partial charge is 0.491 e. The number of aliphatic hydroxyl groups is 1. The van der Waals surface area contributed by atoms with Gasteiger partial charge in [0, 0.05) is 17.2 Å². The average Bonchev–Trinajstić information content (AvgIpc) is 2.75. The standard InChI is InChI=1S/C29H37NO3/c1-19(2)32-26-14-12-21(5)16-24(26)29(31,28(30)18-23-10-8-7-9-11-23)25-17-22(6)13-15-27(25)33-20(3)4/h7-17,19-20,28,31H,18,30H2,1-6H3. The molecule has 0 aliphatic carbocycles. The fourth-order valence-electron chi connectivity index (χ4n) is 4.16. The van der Waals surface area contributed by atoms with E-state index in [-0.39, 0.29) is 12.2 Å². The van der Waals surface area contributed by atoms with Gasteiger partial charge in [0.25, 0.3) is 0 Å². The van der Waals surface area contributed by atoms with Gasteiger partial charge in [0.1, 0.15) is 17.1 Å². The number of benzene rings is 3. The molecule has 0 saturated carbocycles. The average molecular weight is 448 g/mol. The molecule has 0 saturated heterocycles. The summed E-state index contributed by atoms with van der Waals surface area (Å²) in [5.41, 5.74) is 9.75. The molecule has 1 atom stereocenters. The summed E-state index contributed by atoms with van der Waals surface area (Å²) in [6, 6.07) is 21.1. The molecule has 33 heavy (non-hydrogen) atoms. The lowest BCUT2D eigenvalue weighted by molar-refractivity contribution is 0.0431. The van der Waals surface area contributed by atoms with Crippen LogP contribution in [0.3, 0.4) is 0 Å². The van der Waals surface area contributed by atoms with Gasteiger partial charge < -0.3 is 20.3 Å². The van der Waals surface area contributed by atoms with Gasteiger partial charge in [-0.15, -0.1) is 0 Å². The summed E-state index contributed by atoms with van der Waals surface area (Å²) < 4.78 is 12.3. The van der Waals surface area contributed by atoms with E-state index in [1.807, 2.05) is 108 Å². The molecule has 176 valence electrons. The SMILES string of the molecule is Cc1ccc(OC(C)C)c(C(O)(c2cc(C)ccc2OC(C)C)C(N)Cc2ccccc2)c1. The van der Waals surface area contributed by atoms with E-state index >= 15 is 0 Å². The molecule has 1 unspecified atom stereocenters. The first kappa shape index (κ1) is 24.8. The molecule has 0 fully saturated rings. The van der Waals surface area contributed by atoms with Crippen LogP contribution in [-0.2, 0) is 12.0 Å². The first-order chi connectivity index (χ1) is 15.6. The minimum atomic E-state index is -1.54. The Labute approximate surface area is 198 Å². The van der Waals surface area contributed by atoms with Gasteiger partial charge >= 0.3 is 0 Å². The van der Waals surface area contributed by atoms with Crippen molar-refractivity contribution in [1.82, 2.24) is 0 Å². The Balaban J connectivity index is 2.27. The Kier molecular flexibility index (Phi) is 7.83. The Morgan fingerprint density at radius 3 is 1.64 bits per heavy atom. The monoisotopic (exact) mass is 447 g/mol. The lowest BCUT2D eigenvalue weighted by Crippen LogP contribution is -2.48. The molecule has 4 heteroatoms. The van der Waals surface area contributed by atoms with Crippen molar-refractivity contribution in [3.05, 3.63) is 94.5 Å². The third kappa shape index (κ3) is 5.76. The number of aryl methyl sites for hydroxylation is 2. The third-order valence-electron chi connectivity index (χ3n) is 5.65.